The van der Waals surface area contributed by atoms with E-state index in [9.17, 15) is 4.79 Å². The molecule has 4 nitrogen and oxygen atoms in total. The van der Waals surface area contributed by atoms with Crippen molar-refractivity contribution < 1.29 is 4.79 Å². The Bertz CT molecular complexity index is 431. The summed E-state index contributed by atoms with van der Waals surface area (Å²) in [6, 6.07) is 7.61. The highest BCUT2D eigenvalue weighted by atomic mass is 16.2. The highest BCUT2D eigenvalue weighted by molar-refractivity contribution is 5.97. The summed E-state index contributed by atoms with van der Waals surface area (Å²) in [6.45, 7) is 6.70. The number of amides is 2. The van der Waals surface area contributed by atoms with Crippen LogP contribution in [0.4, 0.5) is 16.2 Å². The number of anilines is 2. The highest BCUT2D eigenvalue weighted by Crippen LogP contribution is 2.26. The third-order valence-electron chi connectivity index (χ3n) is 3.30. The molecule has 0 spiro atoms. The van der Waals surface area contributed by atoms with Crippen LogP contribution in [-0.4, -0.2) is 30.6 Å². The van der Waals surface area contributed by atoms with Crippen molar-refractivity contribution in [3.63, 3.8) is 0 Å². The molecule has 4 heteroatoms. The van der Waals surface area contributed by atoms with E-state index in [1.807, 2.05) is 29.2 Å². The van der Waals surface area contributed by atoms with Gasteiger partial charge in [-0.3, -0.25) is 4.90 Å². The van der Waals surface area contributed by atoms with Crippen LogP contribution in [0.2, 0.25) is 0 Å². The Labute approximate surface area is 108 Å². The highest BCUT2D eigenvalue weighted by Gasteiger charge is 2.29. The van der Waals surface area contributed by atoms with Crippen LogP contribution in [0.25, 0.3) is 0 Å². The van der Waals surface area contributed by atoms with Gasteiger partial charge >= 0.3 is 6.03 Å². The van der Waals surface area contributed by atoms with Crippen molar-refractivity contribution in [1.29, 1.82) is 0 Å². The molecule has 2 N–H and O–H groups in total. The summed E-state index contributed by atoms with van der Waals surface area (Å²) in [5.41, 5.74) is 7.41. The van der Waals surface area contributed by atoms with Crippen LogP contribution in [0.5, 0.6) is 0 Å². The summed E-state index contributed by atoms with van der Waals surface area (Å²) in [7, 11) is 0. The van der Waals surface area contributed by atoms with E-state index >= 15 is 0 Å². The van der Waals surface area contributed by atoms with Gasteiger partial charge in [-0.2, -0.15) is 0 Å². The number of carbonyl (C=O) groups is 1. The van der Waals surface area contributed by atoms with Crippen molar-refractivity contribution in [1.82, 2.24) is 4.90 Å². The predicted octanol–water partition coefficient (Wildman–Crippen LogP) is 2.56. The van der Waals surface area contributed by atoms with Crippen LogP contribution in [-0.2, 0) is 0 Å². The molecular weight excluding hydrogens is 226 g/mol. The van der Waals surface area contributed by atoms with Gasteiger partial charge in [0.25, 0.3) is 0 Å². The maximum Gasteiger partial charge on any atom is 0.324 e. The van der Waals surface area contributed by atoms with Crippen molar-refractivity contribution in [3.05, 3.63) is 24.3 Å². The molecule has 0 saturated carbocycles. The quantitative estimate of drug-likeness (QED) is 0.831. The fourth-order valence-electron chi connectivity index (χ4n) is 2.16. The van der Waals surface area contributed by atoms with Gasteiger partial charge in [-0.15, -0.1) is 0 Å². The second-order valence-electron chi connectivity index (χ2n) is 5.16. The number of hydrogen-bond acceptors (Lipinski definition) is 2. The standard InChI is InChI=1S/C14H21N3O/c1-11(2)7-8-16-9-10-17(14(16)18)13-6-4-3-5-12(13)15/h3-6,11H,7-10,15H2,1-2H3. The van der Waals surface area contributed by atoms with Gasteiger partial charge in [0.15, 0.2) is 0 Å². The summed E-state index contributed by atoms with van der Waals surface area (Å²) in [4.78, 5) is 15.9. The van der Waals surface area contributed by atoms with Gasteiger partial charge in [-0.05, 0) is 24.5 Å². The predicted molar refractivity (Wildman–Crippen MR) is 74.6 cm³/mol. The number of nitrogen functional groups attached to an aromatic ring is 1. The number of carbonyl (C=O) groups excluding carboxylic acids is 1. The number of para-hydroxylation sites is 2. The number of benzene rings is 1. The molecule has 0 aromatic heterocycles. The van der Waals surface area contributed by atoms with E-state index in [2.05, 4.69) is 13.8 Å². The molecule has 98 valence electrons. The van der Waals surface area contributed by atoms with E-state index in [1.165, 1.54) is 0 Å². The largest absolute Gasteiger partial charge is 0.397 e. The van der Waals surface area contributed by atoms with Crippen molar-refractivity contribution in [2.45, 2.75) is 20.3 Å². The minimum atomic E-state index is 0.0774. The van der Waals surface area contributed by atoms with E-state index in [0.29, 0.717) is 11.6 Å². The van der Waals surface area contributed by atoms with Crippen LogP contribution in [0, 0.1) is 5.92 Å². The number of rotatable bonds is 4. The minimum Gasteiger partial charge on any atom is -0.397 e. The topological polar surface area (TPSA) is 49.6 Å². The van der Waals surface area contributed by atoms with Gasteiger partial charge in [-0.1, -0.05) is 26.0 Å². The Kier molecular flexibility index (Phi) is 3.75. The van der Waals surface area contributed by atoms with Crippen molar-refractivity contribution in [2.75, 3.05) is 30.3 Å². The number of hydrogen-bond donors (Lipinski definition) is 1. The molecular formula is C14H21N3O. The van der Waals surface area contributed by atoms with Gasteiger partial charge < -0.3 is 10.6 Å². The lowest BCUT2D eigenvalue weighted by Gasteiger charge is -2.20. The van der Waals surface area contributed by atoms with E-state index < -0.39 is 0 Å². The van der Waals surface area contributed by atoms with Gasteiger partial charge in [0.1, 0.15) is 0 Å². The Hall–Kier alpha value is -1.71. The van der Waals surface area contributed by atoms with Gasteiger partial charge in [0.2, 0.25) is 0 Å². The first-order chi connectivity index (χ1) is 8.59. The number of urea groups is 1. The van der Waals surface area contributed by atoms with Gasteiger partial charge in [0.05, 0.1) is 11.4 Å². The summed E-state index contributed by atoms with van der Waals surface area (Å²) in [6.07, 6.45) is 1.05. The molecule has 1 aliphatic heterocycles. The lowest BCUT2D eigenvalue weighted by Crippen LogP contribution is -2.33. The monoisotopic (exact) mass is 247 g/mol. The van der Waals surface area contributed by atoms with Crippen LogP contribution in [0.1, 0.15) is 20.3 Å². The summed E-state index contributed by atoms with van der Waals surface area (Å²) < 4.78 is 0. The fourth-order valence-corrected chi connectivity index (χ4v) is 2.16. The third-order valence-corrected chi connectivity index (χ3v) is 3.30. The molecule has 18 heavy (non-hydrogen) atoms. The van der Waals surface area contributed by atoms with E-state index in [1.54, 1.807) is 4.90 Å². The summed E-state index contributed by atoms with van der Waals surface area (Å²) in [5.74, 6) is 0.619. The van der Waals surface area contributed by atoms with Crippen LogP contribution in [0.3, 0.4) is 0 Å². The zero-order valence-corrected chi connectivity index (χ0v) is 11.1. The molecule has 2 amide bonds. The SMILES string of the molecule is CC(C)CCN1CCN(c2ccccc2N)C1=O. The third kappa shape index (κ3) is 2.58. The molecule has 1 aliphatic rings. The van der Waals surface area contributed by atoms with Crippen molar-refractivity contribution >= 4 is 17.4 Å². The molecule has 0 bridgehead atoms. The number of nitrogens with zero attached hydrogens (tertiary/aromatic N) is 2. The molecule has 1 aromatic carbocycles. The van der Waals surface area contributed by atoms with E-state index in [-0.39, 0.29) is 6.03 Å². The molecule has 1 aromatic rings. The first-order valence-corrected chi connectivity index (χ1v) is 6.50. The molecule has 1 saturated heterocycles. The van der Waals surface area contributed by atoms with Crippen LogP contribution < -0.4 is 10.6 Å². The first kappa shape index (κ1) is 12.7. The zero-order valence-electron chi connectivity index (χ0n) is 11.1. The molecule has 0 atom stereocenters. The van der Waals surface area contributed by atoms with E-state index in [0.717, 1.165) is 31.7 Å². The summed E-state index contributed by atoms with van der Waals surface area (Å²) >= 11 is 0. The van der Waals surface area contributed by atoms with Crippen LogP contribution in [0.15, 0.2) is 24.3 Å². The molecule has 1 heterocycles. The Morgan fingerprint density at radius 1 is 1.28 bits per heavy atom. The second-order valence-corrected chi connectivity index (χ2v) is 5.16. The maximum atomic E-state index is 12.3. The van der Waals surface area contributed by atoms with E-state index in [4.69, 9.17) is 5.73 Å². The Morgan fingerprint density at radius 2 is 2.00 bits per heavy atom. The Balaban J connectivity index is 2.05. The average Bonchev–Trinajstić information content (AvgIpc) is 2.69. The lowest BCUT2D eigenvalue weighted by atomic mass is 10.1. The molecule has 0 unspecified atom stereocenters. The fraction of sp³-hybridized carbons (Fsp3) is 0.500. The minimum absolute atomic E-state index is 0.0774. The van der Waals surface area contributed by atoms with Crippen LogP contribution >= 0.6 is 0 Å². The zero-order chi connectivity index (χ0) is 13.1. The van der Waals surface area contributed by atoms with Crippen molar-refractivity contribution in [2.24, 2.45) is 5.92 Å². The normalized spacial score (nSPS) is 15.8. The first-order valence-electron chi connectivity index (χ1n) is 6.50. The van der Waals surface area contributed by atoms with Crippen molar-refractivity contribution in [3.8, 4) is 0 Å². The van der Waals surface area contributed by atoms with Gasteiger partial charge in [-0.25, -0.2) is 4.79 Å². The lowest BCUT2D eigenvalue weighted by molar-refractivity contribution is 0.218. The second kappa shape index (κ2) is 5.29. The summed E-state index contributed by atoms with van der Waals surface area (Å²) in [5, 5.41) is 0. The molecule has 0 aliphatic carbocycles. The van der Waals surface area contributed by atoms with Gasteiger partial charge in [0, 0.05) is 19.6 Å². The molecule has 2 rings (SSSR count). The smallest absolute Gasteiger partial charge is 0.324 e. The average molecular weight is 247 g/mol. The maximum absolute atomic E-state index is 12.3. The molecule has 1 fully saturated rings. The number of nitrogens with two attached hydrogens (primary N) is 1. The Morgan fingerprint density at radius 3 is 2.67 bits per heavy atom. The molecule has 0 radical (unpaired) electrons.